The molecule has 1 aromatic carbocycles. The SMILES string of the molecule is O=C(Cc1ccccn1)N1CCCC(C(=O)N2CCC(c3ccccc3)CC2)C1. The van der Waals surface area contributed by atoms with E-state index in [1.54, 1.807) is 6.20 Å². The average Bonchev–Trinajstić information content (AvgIpc) is 2.80. The third-order valence-electron chi connectivity index (χ3n) is 6.26. The smallest absolute Gasteiger partial charge is 0.228 e. The number of pyridine rings is 1. The quantitative estimate of drug-likeness (QED) is 0.804. The molecule has 29 heavy (non-hydrogen) atoms. The van der Waals surface area contributed by atoms with Gasteiger partial charge in [-0.05, 0) is 49.3 Å². The van der Waals surface area contributed by atoms with E-state index in [1.165, 1.54) is 5.56 Å². The highest BCUT2D eigenvalue weighted by molar-refractivity contribution is 5.82. The van der Waals surface area contributed by atoms with Crippen LogP contribution in [0.5, 0.6) is 0 Å². The summed E-state index contributed by atoms with van der Waals surface area (Å²) in [7, 11) is 0. The standard InChI is InChI=1S/C24H29N3O2/c28-23(17-22-10-4-5-13-25-22)27-14-6-9-21(18-27)24(29)26-15-11-20(12-16-26)19-7-2-1-3-8-19/h1-5,7-8,10,13,20-21H,6,9,11-12,14-18H2. The van der Waals surface area contributed by atoms with Crippen LogP contribution in [0.4, 0.5) is 0 Å². The van der Waals surface area contributed by atoms with Crippen molar-refractivity contribution >= 4 is 11.8 Å². The minimum absolute atomic E-state index is 0.0651. The molecule has 5 nitrogen and oxygen atoms in total. The van der Waals surface area contributed by atoms with Gasteiger partial charge in [-0.25, -0.2) is 0 Å². The predicted molar refractivity (Wildman–Crippen MR) is 112 cm³/mol. The Morgan fingerprint density at radius 3 is 2.38 bits per heavy atom. The van der Waals surface area contributed by atoms with Gasteiger partial charge < -0.3 is 9.80 Å². The number of rotatable bonds is 4. The maximum Gasteiger partial charge on any atom is 0.228 e. The number of aromatic nitrogens is 1. The molecule has 0 aliphatic carbocycles. The van der Waals surface area contributed by atoms with Crippen LogP contribution >= 0.6 is 0 Å². The fourth-order valence-corrected chi connectivity index (χ4v) is 4.59. The zero-order chi connectivity index (χ0) is 20.1. The molecule has 2 aliphatic rings. The number of likely N-dealkylation sites (tertiary alicyclic amines) is 2. The summed E-state index contributed by atoms with van der Waals surface area (Å²) in [5, 5.41) is 0. The minimum Gasteiger partial charge on any atom is -0.342 e. The van der Waals surface area contributed by atoms with Crippen LogP contribution in [0.3, 0.4) is 0 Å². The molecule has 2 aliphatic heterocycles. The first-order chi connectivity index (χ1) is 14.2. The molecule has 1 aromatic heterocycles. The van der Waals surface area contributed by atoms with Crippen molar-refractivity contribution in [2.24, 2.45) is 5.92 Å². The zero-order valence-electron chi connectivity index (χ0n) is 16.9. The van der Waals surface area contributed by atoms with Gasteiger partial charge in [-0.15, -0.1) is 0 Å². The first-order valence-corrected chi connectivity index (χ1v) is 10.7. The molecule has 0 spiro atoms. The lowest BCUT2D eigenvalue weighted by atomic mass is 9.88. The van der Waals surface area contributed by atoms with Crippen LogP contribution in [0.2, 0.25) is 0 Å². The molecule has 3 heterocycles. The maximum atomic E-state index is 13.1. The normalized spacial score (nSPS) is 20.5. The first-order valence-electron chi connectivity index (χ1n) is 10.7. The van der Waals surface area contributed by atoms with Crippen molar-refractivity contribution < 1.29 is 9.59 Å². The number of carbonyl (C=O) groups excluding carboxylic acids is 2. The van der Waals surface area contributed by atoms with Crippen molar-refractivity contribution in [3.05, 3.63) is 66.0 Å². The van der Waals surface area contributed by atoms with Crippen LogP contribution in [0.1, 0.15) is 42.9 Å². The Hall–Kier alpha value is -2.69. The van der Waals surface area contributed by atoms with Crippen LogP contribution < -0.4 is 0 Å². The summed E-state index contributed by atoms with van der Waals surface area (Å²) in [4.78, 5) is 33.9. The third-order valence-corrected chi connectivity index (χ3v) is 6.26. The number of piperidine rings is 2. The van der Waals surface area contributed by atoms with Crippen molar-refractivity contribution in [1.82, 2.24) is 14.8 Å². The zero-order valence-corrected chi connectivity index (χ0v) is 16.9. The molecule has 0 bridgehead atoms. The molecule has 2 amide bonds. The van der Waals surface area contributed by atoms with Gasteiger partial charge >= 0.3 is 0 Å². The van der Waals surface area contributed by atoms with E-state index >= 15 is 0 Å². The number of carbonyl (C=O) groups is 2. The van der Waals surface area contributed by atoms with Crippen molar-refractivity contribution in [2.75, 3.05) is 26.2 Å². The molecule has 0 radical (unpaired) electrons. The van der Waals surface area contributed by atoms with Crippen molar-refractivity contribution in [3.8, 4) is 0 Å². The van der Waals surface area contributed by atoms with Crippen molar-refractivity contribution in [2.45, 2.75) is 38.0 Å². The van der Waals surface area contributed by atoms with E-state index in [-0.39, 0.29) is 17.7 Å². The number of nitrogens with zero attached hydrogens (tertiary/aromatic N) is 3. The molecule has 2 aromatic rings. The Kier molecular flexibility index (Phi) is 6.23. The Bertz CT molecular complexity index is 817. The maximum absolute atomic E-state index is 13.1. The Balaban J connectivity index is 1.30. The average molecular weight is 392 g/mol. The van der Waals surface area contributed by atoms with Crippen molar-refractivity contribution in [3.63, 3.8) is 0 Å². The van der Waals surface area contributed by atoms with Gasteiger partial charge in [0.05, 0.1) is 12.3 Å². The van der Waals surface area contributed by atoms with E-state index in [0.717, 1.165) is 51.0 Å². The highest BCUT2D eigenvalue weighted by Crippen LogP contribution is 2.29. The first kappa shape index (κ1) is 19.6. The second-order valence-electron chi connectivity index (χ2n) is 8.19. The van der Waals surface area contributed by atoms with E-state index in [2.05, 4.69) is 29.2 Å². The third kappa shape index (κ3) is 4.84. The number of benzene rings is 1. The van der Waals surface area contributed by atoms with Crippen molar-refractivity contribution in [1.29, 1.82) is 0 Å². The van der Waals surface area contributed by atoms with Gasteiger partial charge in [-0.2, -0.15) is 0 Å². The van der Waals surface area contributed by atoms with Crippen LogP contribution in [-0.2, 0) is 16.0 Å². The number of hydrogen-bond donors (Lipinski definition) is 0. The van der Waals surface area contributed by atoms with Crippen LogP contribution in [0.25, 0.3) is 0 Å². The summed E-state index contributed by atoms with van der Waals surface area (Å²) in [6.45, 7) is 2.92. The second-order valence-corrected chi connectivity index (χ2v) is 8.19. The van der Waals surface area contributed by atoms with Gasteiger partial charge in [0.15, 0.2) is 0 Å². The van der Waals surface area contributed by atoms with Gasteiger partial charge in [-0.1, -0.05) is 36.4 Å². The van der Waals surface area contributed by atoms with Crippen LogP contribution in [0.15, 0.2) is 54.7 Å². The Morgan fingerprint density at radius 1 is 0.897 bits per heavy atom. The molecule has 2 fully saturated rings. The summed E-state index contributed by atoms with van der Waals surface area (Å²) in [6, 6.07) is 16.2. The van der Waals surface area contributed by atoms with E-state index in [0.29, 0.717) is 18.9 Å². The highest BCUT2D eigenvalue weighted by Gasteiger charge is 2.33. The number of amides is 2. The lowest BCUT2D eigenvalue weighted by Crippen LogP contribution is -2.48. The summed E-state index contributed by atoms with van der Waals surface area (Å²) in [6.07, 6.45) is 5.83. The lowest BCUT2D eigenvalue weighted by Gasteiger charge is -2.38. The lowest BCUT2D eigenvalue weighted by molar-refractivity contribution is -0.141. The van der Waals surface area contributed by atoms with Crippen LogP contribution in [-0.4, -0.2) is 52.8 Å². The summed E-state index contributed by atoms with van der Waals surface area (Å²) in [5.41, 5.74) is 2.16. The molecule has 4 rings (SSSR count). The largest absolute Gasteiger partial charge is 0.342 e. The molecule has 0 saturated carbocycles. The summed E-state index contributed by atoms with van der Waals surface area (Å²) < 4.78 is 0. The molecule has 2 saturated heterocycles. The predicted octanol–water partition coefficient (Wildman–Crippen LogP) is 3.27. The Morgan fingerprint density at radius 2 is 1.66 bits per heavy atom. The number of hydrogen-bond acceptors (Lipinski definition) is 3. The van der Waals surface area contributed by atoms with Gasteiger partial charge in [-0.3, -0.25) is 14.6 Å². The monoisotopic (exact) mass is 391 g/mol. The molecular weight excluding hydrogens is 362 g/mol. The topological polar surface area (TPSA) is 53.5 Å². The summed E-state index contributed by atoms with van der Waals surface area (Å²) in [5.74, 6) is 0.781. The van der Waals surface area contributed by atoms with Gasteiger partial charge in [0, 0.05) is 38.1 Å². The minimum atomic E-state index is -0.0651. The van der Waals surface area contributed by atoms with E-state index in [4.69, 9.17) is 0 Å². The molecule has 5 heteroatoms. The van der Waals surface area contributed by atoms with Gasteiger partial charge in [0.1, 0.15) is 0 Å². The molecular formula is C24H29N3O2. The fraction of sp³-hybridized carbons (Fsp3) is 0.458. The van der Waals surface area contributed by atoms with Gasteiger partial charge in [0.2, 0.25) is 11.8 Å². The van der Waals surface area contributed by atoms with E-state index < -0.39 is 0 Å². The molecule has 1 atom stereocenters. The van der Waals surface area contributed by atoms with Crippen LogP contribution in [0, 0.1) is 5.92 Å². The second kappa shape index (κ2) is 9.21. The van der Waals surface area contributed by atoms with E-state index in [1.807, 2.05) is 34.1 Å². The highest BCUT2D eigenvalue weighted by atomic mass is 16.2. The Labute approximate surface area is 172 Å². The fourth-order valence-electron chi connectivity index (χ4n) is 4.59. The van der Waals surface area contributed by atoms with E-state index in [9.17, 15) is 9.59 Å². The molecule has 152 valence electrons. The molecule has 1 unspecified atom stereocenters. The summed E-state index contributed by atoms with van der Waals surface area (Å²) >= 11 is 0. The molecule has 0 N–H and O–H groups in total. The van der Waals surface area contributed by atoms with Gasteiger partial charge in [0.25, 0.3) is 0 Å².